The first-order valence-electron chi connectivity index (χ1n) is 19.2. The molecule has 5 aromatic rings. The van der Waals surface area contributed by atoms with E-state index >= 15 is 0 Å². The third kappa shape index (κ3) is 9.03. The number of carbonyl (C=O) groups is 1. The van der Waals surface area contributed by atoms with Gasteiger partial charge < -0.3 is 33.7 Å². The van der Waals surface area contributed by atoms with Gasteiger partial charge in [-0.25, -0.2) is 9.37 Å². The first-order valence-corrected chi connectivity index (χ1v) is 21.8. The van der Waals surface area contributed by atoms with Crippen molar-refractivity contribution in [2.75, 3.05) is 53.8 Å². The highest BCUT2D eigenvalue weighted by atomic mass is 35.5. The van der Waals surface area contributed by atoms with Gasteiger partial charge in [-0.3, -0.25) is 8.98 Å². The lowest BCUT2D eigenvalue weighted by molar-refractivity contribution is -0.139. The minimum Gasteiger partial charge on any atom is -0.493 e. The normalized spacial score (nSPS) is 19.7. The van der Waals surface area contributed by atoms with Crippen molar-refractivity contribution in [1.29, 1.82) is 0 Å². The fraction of sp³-hybridized carbons (Fsp3) is 0.395. The SMILES string of the molecule is COc1cc(CN2CC(OS(C)(=O)=O)C(CCN3CCC(O)(c4nc5ccccc5n4Cc4ccc(F)cc4)CC3)(Cc3ccc(Cl)c(Cl)c3)C2=O)cc(OC)c1OC. The Hall–Kier alpha value is -4.44. The van der Waals surface area contributed by atoms with Crippen LogP contribution in [0.1, 0.15) is 41.8 Å². The summed E-state index contributed by atoms with van der Waals surface area (Å²) in [6.07, 6.45) is 1.00. The first-order chi connectivity index (χ1) is 28.1. The van der Waals surface area contributed by atoms with Gasteiger partial charge in [0.2, 0.25) is 11.7 Å². The third-order valence-corrected chi connectivity index (χ3v) is 12.8. The Bertz CT molecular complexity index is 2420. The van der Waals surface area contributed by atoms with E-state index in [4.69, 9.17) is 46.6 Å². The molecule has 2 fully saturated rings. The number of methoxy groups -OCH3 is 3. The maximum Gasteiger partial charge on any atom is 0.264 e. The molecule has 0 bridgehead atoms. The average Bonchev–Trinajstić information content (AvgIpc) is 3.70. The highest BCUT2D eigenvalue weighted by Crippen LogP contribution is 2.45. The number of benzene rings is 4. The van der Waals surface area contributed by atoms with Crippen LogP contribution in [0.4, 0.5) is 4.39 Å². The second kappa shape index (κ2) is 17.3. The summed E-state index contributed by atoms with van der Waals surface area (Å²) in [6, 6.07) is 22.6. The van der Waals surface area contributed by atoms with Gasteiger partial charge in [0, 0.05) is 32.7 Å². The zero-order valence-electron chi connectivity index (χ0n) is 33.3. The number of rotatable bonds is 15. The number of likely N-dealkylation sites (tertiary alicyclic amines) is 2. The molecule has 1 N–H and O–H groups in total. The Labute approximate surface area is 353 Å². The quantitative estimate of drug-likeness (QED) is 0.112. The number of para-hydroxylation sites is 2. The first kappa shape index (κ1) is 42.7. The van der Waals surface area contributed by atoms with Crippen molar-refractivity contribution in [2.45, 2.75) is 50.5 Å². The molecule has 2 aliphatic rings. The van der Waals surface area contributed by atoms with Crippen molar-refractivity contribution < 1.29 is 41.1 Å². The van der Waals surface area contributed by atoms with Crippen LogP contribution in [0.25, 0.3) is 11.0 Å². The molecule has 0 aliphatic carbocycles. The molecule has 0 radical (unpaired) electrons. The molecule has 0 saturated carbocycles. The van der Waals surface area contributed by atoms with Crippen LogP contribution in [0.2, 0.25) is 10.0 Å². The molecule has 4 aromatic carbocycles. The second-order valence-electron chi connectivity index (χ2n) is 15.3. The number of aliphatic hydroxyl groups is 1. The summed E-state index contributed by atoms with van der Waals surface area (Å²) in [7, 11) is 0.494. The second-order valence-corrected chi connectivity index (χ2v) is 17.8. The lowest BCUT2D eigenvalue weighted by atomic mass is 9.75. The van der Waals surface area contributed by atoms with E-state index < -0.39 is 27.2 Å². The number of halogens is 3. The molecule has 0 spiro atoms. The molecule has 2 saturated heterocycles. The number of nitrogens with zero attached hydrogens (tertiary/aromatic N) is 4. The fourth-order valence-electron chi connectivity index (χ4n) is 8.48. The maximum atomic E-state index is 15.0. The minimum absolute atomic E-state index is 0.00604. The minimum atomic E-state index is -4.02. The lowest BCUT2D eigenvalue weighted by Gasteiger charge is -2.40. The van der Waals surface area contributed by atoms with E-state index in [-0.39, 0.29) is 37.7 Å². The molecule has 3 heterocycles. The van der Waals surface area contributed by atoms with Crippen LogP contribution in [0, 0.1) is 11.2 Å². The van der Waals surface area contributed by atoms with E-state index in [0.29, 0.717) is 83.3 Å². The standard InChI is InChI=1S/C43H47Cl2FN4O8S/c1-55-36-22-30(23-37(56-2)39(36)57-3)25-49-27-38(58-59(4,53)54)42(41(49)51,24-29-11-14-32(44)33(45)21-29)15-18-48-19-16-43(52,17-20-48)40-47-34-7-5-6-8-35(34)50(40)26-28-9-12-31(46)13-10-28/h5-14,21-23,38,52H,15-20,24-27H2,1-4H3. The average molecular weight is 870 g/mol. The molecule has 1 amide bonds. The van der Waals surface area contributed by atoms with Crippen LogP contribution < -0.4 is 14.2 Å². The van der Waals surface area contributed by atoms with Gasteiger partial charge in [0.1, 0.15) is 23.3 Å². The zero-order valence-corrected chi connectivity index (χ0v) is 35.6. The predicted octanol–water partition coefficient (Wildman–Crippen LogP) is 6.85. The van der Waals surface area contributed by atoms with Crippen molar-refractivity contribution in [3.05, 3.63) is 117 Å². The van der Waals surface area contributed by atoms with E-state index in [2.05, 4.69) is 4.90 Å². The summed E-state index contributed by atoms with van der Waals surface area (Å²) >= 11 is 12.7. The number of piperidine rings is 1. The van der Waals surface area contributed by atoms with Crippen LogP contribution in [-0.4, -0.2) is 98.7 Å². The van der Waals surface area contributed by atoms with Crippen molar-refractivity contribution in [3.63, 3.8) is 0 Å². The van der Waals surface area contributed by atoms with E-state index in [1.54, 1.807) is 47.4 Å². The van der Waals surface area contributed by atoms with E-state index in [1.807, 2.05) is 28.8 Å². The van der Waals surface area contributed by atoms with Gasteiger partial charge in [-0.1, -0.05) is 53.5 Å². The molecule has 314 valence electrons. The van der Waals surface area contributed by atoms with Crippen LogP contribution in [0.15, 0.2) is 78.9 Å². The smallest absolute Gasteiger partial charge is 0.264 e. The number of carbonyl (C=O) groups excluding carboxylic acids is 1. The number of fused-ring (bicyclic) bond motifs is 1. The molecule has 1 aromatic heterocycles. The van der Waals surface area contributed by atoms with Gasteiger partial charge in [-0.15, -0.1) is 0 Å². The summed E-state index contributed by atoms with van der Waals surface area (Å²) in [6.45, 7) is 1.85. The predicted molar refractivity (Wildman–Crippen MR) is 223 cm³/mol. The number of hydrogen-bond acceptors (Lipinski definition) is 10. The van der Waals surface area contributed by atoms with Crippen LogP contribution >= 0.6 is 23.2 Å². The molecule has 7 rings (SSSR count). The molecular weight excluding hydrogens is 822 g/mol. The van der Waals surface area contributed by atoms with Crippen molar-refractivity contribution in [3.8, 4) is 17.2 Å². The topological polar surface area (TPSA) is 133 Å². The Kier molecular flexibility index (Phi) is 12.5. The lowest BCUT2D eigenvalue weighted by Crippen LogP contribution is -2.48. The number of ether oxygens (including phenoxy) is 3. The molecule has 2 atom stereocenters. The van der Waals surface area contributed by atoms with Gasteiger partial charge in [-0.05, 0) is 97.4 Å². The number of amides is 1. The van der Waals surface area contributed by atoms with Crippen molar-refractivity contribution in [2.24, 2.45) is 5.41 Å². The van der Waals surface area contributed by atoms with Gasteiger partial charge in [0.25, 0.3) is 10.1 Å². The number of hydrogen-bond donors (Lipinski definition) is 1. The monoisotopic (exact) mass is 868 g/mol. The molecular formula is C43H47Cl2FN4O8S. The Morgan fingerprint density at radius 2 is 1.53 bits per heavy atom. The highest BCUT2D eigenvalue weighted by Gasteiger charge is 2.56. The van der Waals surface area contributed by atoms with E-state index in [9.17, 15) is 22.7 Å². The number of imidazole rings is 1. The molecule has 12 nitrogen and oxygen atoms in total. The van der Waals surface area contributed by atoms with Gasteiger partial charge in [0.05, 0.1) is 54.1 Å². The Balaban J connectivity index is 1.17. The van der Waals surface area contributed by atoms with Crippen LogP contribution in [-0.2, 0) is 44.2 Å². The fourth-order valence-corrected chi connectivity index (χ4v) is 9.47. The molecule has 16 heteroatoms. The van der Waals surface area contributed by atoms with Gasteiger partial charge in [0.15, 0.2) is 11.5 Å². The molecule has 2 aliphatic heterocycles. The Morgan fingerprint density at radius 3 is 2.15 bits per heavy atom. The summed E-state index contributed by atoms with van der Waals surface area (Å²) < 4.78 is 63.9. The van der Waals surface area contributed by atoms with Crippen molar-refractivity contribution in [1.82, 2.24) is 19.4 Å². The third-order valence-electron chi connectivity index (χ3n) is 11.5. The zero-order chi connectivity index (χ0) is 42.1. The van der Waals surface area contributed by atoms with E-state index in [0.717, 1.165) is 22.9 Å². The van der Waals surface area contributed by atoms with Crippen LogP contribution in [0.3, 0.4) is 0 Å². The molecule has 2 unspecified atom stereocenters. The molecule has 59 heavy (non-hydrogen) atoms. The van der Waals surface area contributed by atoms with Crippen molar-refractivity contribution >= 4 is 50.3 Å². The summed E-state index contributed by atoms with van der Waals surface area (Å²) in [5, 5.41) is 12.9. The maximum absolute atomic E-state index is 15.0. The summed E-state index contributed by atoms with van der Waals surface area (Å²) in [4.78, 5) is 23.7. The van der Waals surface area contributed by atoms with Gasteiger partial charge >= 0.3 is 0 Å². The van der Waals surface area contributed by atoms with E-state index in [1.165, 1.54) is 33.5 Å². The Morgan fingerprint density at radius 1 is 0.864 bits per heavy atom. The summed E-state index contributed by atoms with van der Waals surface area (Å²) in [5.74, 6) is 1.15. The highest BCUT2D eigenvalue weighted by molar-refractivity contribution is 7.86. The van der Waals surface area contributed by atoms with Crippen LogP contribution in [0.5, 0.6) is 17.2 Å². The summed E-state index contributed by atoms with van der Waals surface area (Å²) in [5.41, 5.74) is 1.25. The number of aromatic nitrogens is 2. The van der Waals surface area contributed by atoms with Gasteiger partial charge in [-0.2, -0.15) is 8.42 Å². The largest absolute Gasteiger partial charge is 0.493 e.